The van der Waals surface area contributed by atoms with Gasteiger partial charge in [0, 0.05) is 5.75 Å². The van der Waals surface area contributed by atoms with E-state index in [1.807, 2.05) is 0 Å². The van der Waals surface area contributed by atoms with E-state index in [9.17, 15) is 0 Å². The molecule has 4 heteroatoms. The molecule has 0 aliphatic rings. The maximum Gasteiger partial charge on any atom is 0.145 e. The van der Waals surface area contributed by atoms with Gasteiger partial charge in [0.1, 0.15) is 6.55 Å². The molecule has 56 valence electrons. The molecule has 1 atom stereocenters. The highest BCUT2D eigenvalue weighted by Gasteiger charge is 1.94. The smallest absolute Gasteiger partial charge is 0.145 e. The average Bonchev–Trinajstić information content (AvgIpc) is 1.80. The minimum absolute atomic E-state index is 1.01. The lowest BCUT2D eigenvalue weighted by Crippen LogP contribution is -1.75. The summed E-state index contributed by atoms with van der Waals surface area (Å²) in [5, 5.41) is 0. The van der Waals surface area contributed by atoms with Crippen LogP contribution in [0.4, 0.5) is 0 Å². The van der Waals surface area contributed by atoms with Crippen molar-refractivity contribution in [3.8, 4) is 0 Å². The van der Waals surface area contributed by atoms with Crippen LogP contribution in [0.1, 0.15) is 26.2 Å². The van der Waals surface area contributed by atoms with Gasteiger partial charge in [0.25, 0.3) is 0 Å². The van der Waals surface area contributed by atoms with Crippen molar-refractivity contribution in [2.75, 3.05) is 5.75 Å². The maximum atomic E-state index is 8.74. The molecule has 0 fully saturated rings. The van der Waals surface area contributed by atoms with E-state index in [4.69, 9.17) is 4.89 Å². The van der Waals surface area contributed by atoms with Crippen molar-refractivity contribution >= 4 is 30.2 Å². The number of unbranched alkanes of at least 4 members (excludes halogenated alkanes) is 2. The second-order valence-electron chi connectivity index (χ2n) is 1.79. The van der Waals surface area contributed by atoms with Crippen LogP contribution in [0.3, 0.4) is 0 Å². The minimum Gasteiger partial charge on any atom is -0.355 e. The third-order valence-electron chi connectivity index (χ3n) is 0.955. The van der Waals surface area contributed by atoms with Crippen LogP contribution >= 0.6 is 30.2 Å². The molecule has 1 nitrogen and oxygen atoms in total. The molecular formula is C5H13OPS2. The van der Waals surface area contributed by atoms with Gasteiger partial charge in [-0.15, -0.1) is 12.2 Å². The van der Waals surface area contributed by atoms with Crippen LogP contribution in [0.25, 0.3) is 0 Å². The van der Waals surface area contributed by atoms with E-state index in [0.717, 1.165) is 5.75 Å². The number of hydrogen-bond acceptors (Lipinski definition) is 3. The third kappa shape index (κ3) is 9.09. The summed E-state index contributed by atoms with van der Waals surface area (Å²) >= 11 is 5.44. The quantitative estimate of drug-likeness (QED) is 0.389. The van der Waals surface area contributed by atoms with Gasteiger partial charge in [0.15, 0.2) is 0 Å². The largest absolute Gasteiger partial charge is 0.355 e. The first kappa shape index (κ1) is 10.1. The van der Waals surface area contributed by atoms with Crippen molar-refractivity contribution in [3.63, 3.8) is 0 Å². The second-order valence-corrected chi connectivity index (χ2v) is 6.73. The first-order chi connectivity index (χ1) is 4.27. The molecule has 0 aromatic carbocycles. The Morgan fingerprint density at radius 3 is 2.67 bits per heavy atom. The number of rotatable bonds is 5. The van der Waals surface area contributed by atoms with Crippen LogP contribution in [0, 0.1) is 0 Å². The normalized spacial score (nSPS) is 13.7. The summed E-state index contributed by atoms with van der Waals surface area (Å²) < 4.78 is 0. The summed E-state index contributed by atoms with van der Waals surface area (Å²) in [4.78, 5) is 8.74. The van der Waals surface area contributed by atoms with Gasteiger partial charge in [-0.3, -0.25) is 0 Å². The van der Waals surface area contributed by atoms with Crippen LogP contribution in [0.2, 0.25) is 0 Å². The molecule has 9 heavy (non-hydrogen) atoms. The van der Waals surface area contributed by atoms with Crippen LogP contribution in [-0.2, 0) is 0 Å². The molecule has 0 aliphatic heterocycles. The fourth-order valence-corrected chi connectivity index (χ4v) is 2.61. The van der Waals surface area contributed by atoms with Gasteiger partial charge in [-0.05, 0) is 6.42 Å². The summed E-state index contributed by atoms with van der Waals surface area (Å²) in [6.45, 7) is 1.17. The molecule has 0 aliphatic carbocycles. The van der Waals surface area contributed by atoms with Crippen LogP contribution in [0.15, 0.2) is 0 Å². The maximum absolute atomic E-state index is 8.74. The molecule has 0 rings (SSSR count). The van der Waals surface area contributed by atoms with Gasteiger partial charge in [-0.2, -0.15) is 0 Å². The van der Waals surface area contributed by atoms with E-state index in [0.29, 0.717) is 0 Å². The van der Waals surface area contributed by atoms with Gasteiger partial charge in [-0.1, -0.05) is 31.1 Å². The van der Waals surface area contributed by atoms with Gasteiger partial charge in [-0.25, -0.2) is 0 Å². The SMILES string of the molecule is CCCCCSP(O)S. The molecular weight excluding hydrogens is 171 g/mol. The van der Waals surface area contributed by atoms with Gasteiger partial charge in [0.05, 0.1) is 0 Å². The van der Waals surface area contributed by atoms with Crippen molar-refractivity contribution in [1.29, 1.82) is 0 Å². The molecule has 0 amide bonds. The van der Waals surface area contributed by atoms with E-state index in [1.165, 1.54) is 19.3 Å². The van der Waals surface area contributed by atoms with Crippen molar-refractivity contribution in [2.24, 2.45) is 0 Å². The van der Waals surface area contributed by atoms with E-state index >= 15 is 0 Å². The second kappa shape index (κ2) is 7.20. The highest BCUT2D eigenvalue weighted by Crippen LogP contribution is 2.49. The molecule has 1 N–H and O–H groups in total. The fraction of sp³-hybridized carbons (Fsp3) is 1.00. The topological polar surface area (TPSA) is 20.2 Å². The monoisotopic (exact) mass is 184 g/mol. The zero-order valence-corrected chi connectivity index (χ0v) is 8.18. The highest BCUT2D eigenvalue weighted by atomic mass is 33.1. The molecule has 0 spiro atoms. The van der Waals surface area contributed by atoms with E-state index < -0.39 is 6.55 Å². The van der Waals surface area contributed by atoms with Gasteiger partial charge in [0.2, 0.25) is 0 Å². The van der Waals surface area contributed by atoms with Crippen LogP contribution in [-0.4, -0.2) is 10.6 Å². The lowest BCUT2D eigenvalue weighted by molar-refractivity contribution is 0.656. The van der Waals surface area contributed by atoms with Crippen LogP contribution in [0.5, 0.6) is 0 Å². The minimum atomic E-state index is -1.01. The van der Waals surface area contributed by atoms with E-state index in [-0.39, 0.29) is 0 Å². The lowest BCUT2D eigenvalue weighted by atomic mass is 10.3. The average molecular weight is 184 g/mol. The molecule has 0 saturated heterocycles. The number of thiol groups is 1. The predicted octanol–water partition coefficient (Wildman–Crippen LogP) is 3.06. The van der Waals surface area contributed by atoms with Crippen molar-refractivity contribution in [2.45, 2.75) is 26.2 Å². The Kier molecular flexibility index (Phi) is 8.07. The zero-order valence-electron chi connectivity index (χ0n) is 5.58. The van der Waals surface area contributed by atoms with Crippen LogP contribution < -0.4 is 0 Å². The summed E-state index contributed by atoms with van der Waals surface area (Å²) in [7, 11) is 0. The van der Waals surface area contributed by atoms with E-state index in [2.05, 4.69) is 19.2 Å². The number of hydrogen-bond donors (Lipinski definition) is 2. The Labute approximate surface area is 67.4 Å². The molecule has 0 aromatic rings. The molecule has 0 saturated carbocycles. The third-order valence-corrected chi connectivity index (χ3v) is 3.94. The fourth-order valence-electron chi connectivity index (χ4n) is 0.498. The lowest BCUT2D eigenvalue weighted by Gasteiger charge is -1.99. The predicted molar refractivity (Wildman–Crippen MR) is 50.1 cm³/mol. The Balaban J connectivity index is 2.75. The van der Waals surface area contributed by atoms with Crippen molar-refractivity contribution in [1.82, 2.24) is 0 Å². The summed E-state index contributed by atoms with van der Waals surface area (Å²) in [5.74, 6) is 1.06. The Hall–Kier alpha value is 1.09. The highest BCUT2D eigenvalue weighted by molar-refractivity contribution is 8.81. The molecule has 0 radical (unpaired) electrons. The first-order valence-corrected chi connectivity index (χ1v) is 7.12. The van der Waals surface area contributed by atoms with Gasteiger partial charge >= 0.3 is 0 Å². The van der Waals surface area contributed by atoms with Gasteiger partial charge < -0.3 is 4.89 Å². The Bertz CT molecular complexity index is 60.9. The van der Waals surface area contributed by atoms with Crippen molar-refractivity contribution in [3.05, 3.63) is 0 Å². The zero-order chi connectivity index (χ0) is 7.11. The summed E-state index contributed by atoms with van der Waals surface area (Å²) in [6.07, 6.45) is 3.72. The molecule has 0 aromatic heterocycles. The molecule has 0 heterocycles. The summed E-state index contributed by atoms with van der Waals surface area (Å²) in [6, 6.07) is 0. The van der Waals surface area contributed by atoms with E-state index in [1.54, 1.807) is 11.4 Å². The Morgan fingerprint density at radius 2 is 2.22 bits per heavy atom. The summed E-state index contributed by atoms with van der Waals surface area (Å²) in [5.41, 5.74) is 0. The Morgan fingerprint density at radius 1 is 1.56 bits per heavy atom. The standard InChI is InChI=1S/C5H13OPS2/c1-2-3-4-5-9-7(6)8/h6,8H,2-5H2,1H3. The first-order valence-electron chi connectivity index (χ1n) is 3.08. The van der Waals surface area contributed by atoms with Crippen molar-refractivity contribution < 1.29 is 4.89 Å². The molecule has 0 bridgehead atoms. The molecule has 1 unspecified atom stereocenters.